The summed E-state index contributed by atoms with van der Waals surface area (Å²) in [7, 11) is -3.46. The summed E-state index contributed by atoms with van der Waals surface area (Å²) in [5.74, 6) is 0. The maximum atomic E-state index is 12.6. The van der Waals surface area contributed by atoms with Crippen molar-refractivity contribution in [1.82, 2.24) is 4.31 Å². The number of rotatable bonds is 4. The largest absolute Gasteiger partial charge is 0.360 e. The quantitative estimate of drug-likeness (QED) is 0.856. The average molecular weight is 330 g/mol. The van der Waals surface area contributed by atoms with Gasteiger partial charge in [0, 0.05) is 25.0 Å². The lowest BCUT2D eigenvalue weighted by Crippen LogP contribution is -2.31. The molecule has 120 valence electrons. The van der Waals surface area contributed by atoms with Crippen molar-refractivity contribution in [3.63, 3.8) is 0 Å². The van der Waals surface area contributed by atoms with Crippen LogP contribution in [-0.2, 0) is 10.0 Å². The standard InChI is InChI=1S/C16H18N4O2S/c17-11-14(12-18)13-19-15-5-7-16(8-6-15)23(21,22)20-9-3-1-2-4-10-20/h5-8,13,19H,1-4,9-10H2. The first-order valence-electron chi connectivity index (χ1n) is 7.45. The molecule has 1 N–H and O–H groups in total. The first kappa shape index (κ1) is 17.0. The zero-order valence-corrected chi connectivity index (χ0v) is 13.5. The minimum Gasteiger partial charge on any atom is -0.360 e. The van der Waals surface area contributed by atoms with Crippen molar-refractivity contribution in [2.24, 2.45) is 0 Å². The molecule has 0 spiro atoms. The molecule has 0 amide bonds. The van der Waals surface area contributed by atoms with Crippen LogP contribution in [0.25, 0.3) is 0 Å². The molecule has 1 aromatic rings. The highest BCUT2D eigenvalue weighted by Gasteiger charge is 2.24. The van der Waals surface area contributed by atoms with Gasteiger partial charge in [-0.25, -0.2) is 8.42 Å². The van der Waals surface area contributed by atoms with Gasteiger partial charge in [-0.05, 0) is 37.1 Å². The average Bonchev–Trinajstić information content (AvgIpc) is 2.86. The van der Waals surface area contributed by atoms with E-state index in [0.29, 0.717) is 18.8 Å². The zero-order valence-electron chi connectivity index (χ0n) is 12.7. The van der Waals surface area contributed by atoms with Crippen LogP contribution in [0.2, 0.25) is 0 Å². The second-order valence-corrected chi connectivity index (χ2v) is 7.21. The van der Waals surface area contributed by atoms with Crippen molar-refractivity contribution in [3.05, 3.63) is 36.0 Å². The van der Waals surface area contributed by atoms with E-state index in [9.17, 15) is 8.42 Å². The van der Waals surface area contributed by atoms with Gasteiger partial charge in [-0.2, -0.15) is 14.8 Å². The molecule has 0 unspecified atom stereocenters. The number of nitrogens with one attached hydrogen (secondary N) is 1. The third-order valence-corrected chi connectivity index (χ3v) is 5.59. The van der Waals surface area contributed by atoms with Gasteiger partial charge in [0.1, 0.15) is 17.7 Å². The molecule has 1 saturated heterocycles. The lowest BCUT2D eigenvalue weighted by Gasteiger charge is -2.20. The summed E-state index contributed by atoms with van der Waals surface area (Å²) in [6, 6.07) is 9.79. The highest BCUT2D eigenvalue weighted by Crippen LogP contribution is 2.21. The summed E-state index contributed by atoms with van der Waals surface area (Å²) < 4.78 is 26.8. The Morgan fingerprint density at radius 2 is 1.61 bits per heavy atom. The number of anilines is 1. The van der Waals surface area contributed by atoms with Crippen LogP contribution in [0.1, 0.15) is 25.7 Å². The Morgan fingerprint density at radius 3 is 2.13 bits per heavy atom. The van der Waals surface area contributed by atoms with Crippen LogP contribution in [0, 0.1) is 22.7 Å². The maximum Gasteiger partial charge on any atom is 0.243 e. The maximum absolute atomic E-state index is 12.6. The van der Waals surface area contributed by atoms with Crippen molar-refractivity contribution in [1.29, 1.82) is 10.5 Å². The SMILES string of the molecule is N#CC(C#N)=CNc1ccc(S(=O)(=O)N2CCCCCC2)cc1. The molecule has 0 saturated carbocycles. The van der Waals surface area contributed by atoms with Crippen molar-refractivity contribution in [3.8, 4) is 12.1 Å². The van der Waals surface area contributed by atoms with Gasteiger partial charge in [0.15, 0.2) is 0 Å². The molecule has 2 rings (SSSR count). The van der Waals surface area contributed by atoms with Gasteiger partial charge in [0.2, 0.25) is 10.0 Å². The summed E-state index contributed by atoms with van der Waals surface area (Å²) in [6.07, 6.45) is 5.23. The van der Waals surface area contributed by atoms with Crippen molar-refractivity contribution >= 4 is 15.7 Å². The highest BCUT2D eigenvalue weighted by atomic mass is 32.2. The van der Waals surface area contributed by atoms with Gasteiger partial charge in [-0.15, -0.1) is 0 Å². The van der Waals surface area contributed by atoms with Gasteiger partial charge in [0.25, 0.3) is 0 Å². The van der Waals surface area contributed by atoms with E-state index < -0.39 is 10.0 Å². The Labute approximate surface area is 136 Å². The second kappa shape index (κ2) is 7.77. The number of nitriles is 2. The fourth-order valence-corrected chi connectivity index (χ4v) is 3.92. The highest BCUT2D eigenvalue weighted by molar-refractivity contribution is 7.89. The van der Waals surface area contributed by atoms with E-state index in [2.05, 4.69) is 5.32 Å². The van der Waals surface area contributed by atoms with Crippen LogP contribution in [0.15, 0.2) is 40.9 Å². The number of nitrogens with zero attached hydrogens (tertiary/aromatic N) is 3. The second-order valence-electron chi connectivity index (χ2n) is 5.27. The smallest absolute Gasteiger partial charge is 0.243 e. The molecule has 0 radical (unpaired) electrons. The lowest BCUT2D eigenvalue weighted by molar-refractivity contribution is 0.424. The van der Waals surface area contributed by atoms with E-state index in [1.165, 1.54) is 18.3 Å². The minimum absolute atomic E-state index is 0.0498. The Hall–Kier alpha value is -2.35. The molecular weight excluding hydrogens is 312 g/mol. The number of benzene rings is 1. The lowest BCUT2D eigenvalue weighted by atomic mass is 10.2. The Kier molecular flexibility index (Phi) is 5.75. The molecule has 0 atom stereocenters. The molecular formula is C16H18N4O2S. The summed E-state index contributed by atoms with van der Waals surface area (Å²) in [5.41, 5.74) is 0.564. The van der Waals surface area contributed by atoms with Gasteiger partial charge in [0.05, 0.1) is 4.90 Å². The van der Waals surface area contributed by atoms with Crippen LogP contribution in [-0.4, -0.2) is 25.8 Å². The van der Waals surface area contributed by atoms with Crippen LogP contribution < -0.4 is 5.32 Å². The van der Waals surface area contributed by atoms with Crippen molar-refractivity contribution < 1.29 is 8.42 Å². The molecule has 1 heterocycles. The molecule has 1 aromatic carbocycles. The van der Waals surface area contributed by atoms with Crippen molar-refractivity contribution in [2.45, 2.75) is 30.6 Å². The first-order chi connectivity index (χ1) is 11.1. The van der Waals surface area contributed by atoms with E-state index in [0.717, 1.165) is 25.7 Å². The monoisotopic (exact) mass is 330 g/mol. The summed E-state index contributed by atoms with van der Waals surface area (Å²) in [4.78, 5) is 0.259. The molecule has 1 fully saturated rings. The third-order valence-electron chi connectivity index (χ3n) is 3.68. The first-order valence-corrected chi connectivity index (χ1v) is 8.89. The fourth-order valence-electron chi connectivity index (χ4n) is 2.40. The van der Waals surface area contributed by atoms with E-state index in [-0.39, 0.29) is 10.5 Å². The Bertz CT molecular complexity index is 731. The van der Waals surface area contributed by atoms with Crippen molar-refractivity contribution in [2.75, 3.05) is 18.4 Å². The van der Waals surface area contributed by atoms with Gasteiger partial charge < -0.3 is 5.32 Å². The van der Waals surface area contributed by atoms with Crippen LogP contribution in [0.4, 0.5) is 5.69 Å². The molecule has 0 aromatic heterocycles. The third kappa shape index (κ3) is 4.32. The normalized spacial score (nSPS) is 15.7. The predicted octanol–water partition coefficient (Wildman–Crippen LogP) is 2.59. The van der Waals surface area contributed by atoms with Gasteiger partial charge >= 0.3 is 0 Å². The molecule has 0 bridgehead atoms. The number of sulfonamides is 1. The number of allylic oxidation sites excluding steroid dienone is 1. The molecule has 0 aliphatic carbocycles. The van der Waals surface area contributed by atoms with E-state index in [1.807, 2.05) is 0 Å². The summed E-state index contributed by atoms with van der Waals surface area (Å²) in [6.45, 7) is 1.14. The van der Waals surface area contributed by atoms with Gasteiger partial charge in [-0.1, -0.05) is 12.8 Å². The molecule has 23 heavy (non-hydrogen) atoms. The van der Waals surface area contributed by atoms with Crippen LogP contribution in [0.3, 0.4) is 0 Å². The van der Waals surface area contributed by atoms with E-state index in [1.54, 1.807) is 28.6 Å². The molecule has 1 aliphatic heterocycles. The summed E-state index contributed by atoms with van der Waals surface area (Å²) >= 11 is 0. The Morgan fingerprint density at radius 1 is 1.04 bits per heavy atom. The molecule has 1 aliphatic rings. The number of hydrogen-bond acceptors (Lipinski definition) is 5. The van der Waals surface area contributed by atoms with E-state index >= 15 is 0 Å². The van der Waals surface area contributed by atoms with E-state index in [4.69, 9.17) is 10.5 Å². The van der Waals surface area contributed by atoms with Crippen LogP contribution >= 0.6 is 0 Å². The molecule has 7 heteroatoms. The van der Waals surface area contributed by atoms with Crippen LogP contribution in [0.5, 0.6) is 0 Å². The Balaban J connectivity index is 2.14. The molecule has 6 nitrogen and oxygen atoms in total. The number of hydrogen-bond donors (Lipinski definition) is 1. The fraction of sp³-hybridized carbons (Fsp3) is 0.375. The topological polar surface area (TPSA) is 97.0 Å². The predicted molar refractivity (Wildman–Crippen MR) is 86.6 cm³/mol. The minimum atomic E-state index is -3.46. The zero-order chi connectivity index (χ0) is 16.7. The summed E-state index contributed by atoms with van der Waals surface area (Å²) in [5, 5.41) is 20.1. The van der Waals surface area contributed by atoms with Gasteiger partial charge in [-0.3, -0.25) is 0 Å².